The van der Waals surface area contributed by atoms with Gasteiger partial charge in [-0.3, -0.25) is 14.0 Å². The molecule has 0 spiro atoms. The van der Waals surface area contributed by atoms with Gasteiger partial charge in [0, 0.05) is 31.7 Å². The van der Waals surface area contributed by atoms with Crippen molar-refractivity contribution < 1.29 is 4.79 Å². The van der Waals surface area contributed by atoms with Crippen molar-refractivity contribution in [2.45, 2.75) is 13.0 Å². The lowest BCUT2D eigenvalue weighted by molar-refractivity contribution is 0.0941. The molecule has 1 unspecified atom stereocenters. The van der Waals surface area contributed by atoms with Crippen molar-refractivity contribution in [3.63, 3.8) is 0 Å². The Balaban J connectivity index is 1.45. The predicted octanol–water partition coefficient (Wildman–Crippen LogP) is 1.73. The molecule has 1 atom stereocenters. The number of amides is 1. The largest absolute Gasteiger partial charge is 0.381 e. The number of nitrogens with two attached hydrogens (primary N) is 1. The molecule has 6 rings (SSSR count). The molecule has 0 saturated heterocycles. The molecule has 0 aliphatic carbocycles. The number of carbonyl (C=O) groups is 1. The summed E-state index contributed by atoms with van der Waals surface area (Å²) in [6.07, 6.45) is 8.20. The quantitative estimate of drug-likeness (QED) is 0.339. The minimum Gasteiger partial charge on any atom is -0.381 e. The van der Waals surface area contributed by atoms with Crippen LogP contribution in [0.25, 0.3) is 17.0 Å². The van der Waals surface area contributed by atoms with Crippen molar-refractivity contribution in [1.29, 1.82) is 0 Å². The molecule has 12 nitrogen and oxygen atoms in total. The van der Waals surface area contributed by atoms with E-state index in [0.717, 1.165) is 0 Å². The maximum Gasteiger partial charge on any atom is 0.339 e. The summed E-state index contributed by atoms with van der Waals surface area (Å²) >= 11 is 0. The Labute approximate surface area is 221 Å². The average Bonchev–Trinajstić information content (AvgIpc) is 3.63. The van der Waals surface area contributed by atoms with Crippen molar-refractivity contribution in [2.24, 2.45) is 7.05 Å². The second-order valence-corrected chi connectivity index (χ2v) is 8.86. The van der Waals surface area contributed by atoms with Crippen LogP contribution in [0.5, 0.6) is 0 Å². The molecule has 3 N–H and O–H groups in total. The summed E-state index contributed by atoms with van der Waals surface area (Å²) in [5, 5.41) is 11.2. The molecule has 0 radical (unpaired) electrons. The van der Waals surface area contributed by atoms with Gasteiger partial charge in [0.05, 0.1) is 35.4 Å². The van der Waals surface area contributed by atoms with Gasteiger partial charge >= 0.3 is 5.69 Å². The summed E-state index contributed by atoms with van der Waals surface area (Å²) in [6, 6.07) is 12.0. The van der Waals surface area contributed by atoms with Crippen molar-refractivity contribution in [3.05, 3.63) is 106 Å². The molecule has 0 bridgehead atoms. The maximum absolute atomic E-state index is 13.9. The van der Waals surface area contributed by atoms with E-state index in [9.17, 15) is 9.59 Å². The van der Waals surface area contributed by atoms with Crippen molar-refractivity contribution in [2.75, 3.05) is 5.73 Å². The fourth-order valence-corrected chi connectivity index (χ4v) is 4.41. The zero-order valence-electron chi connectivity index (χ0n) is 21.0. The first kappa shape index (κ1) is 23.7. The Bertz CT molecular complexity index is 1990. The monoisotopic (exact) mass is 518 g/mol. The summed E-state index contributed by atoms with van der Waals surface area (Å²) in [6.45, 7) is 1.78. The van der Waals surface area contributed by atoms with Gasteiger partial charge in [-0.05, 0) is 31.0 Å². The van der Waals surface area contributed by atoms with Gasteiger partial charge in [0.15, 0.2) is 11.5 Å². The SMILES string of the molecule is CC(NC(=O)c1c(N)nn2cccnc12)c1cc2ncc(C#Cc3cnn(C)c3)n2c(=O)n1-c1ccccc1. The smallest absolute Gasteiger partial charge is 0.339 e. The molecule has 0 aliphatic heterocycles. The van der Waals surface area contributed by atoms with Gasteiger partial charge in [0.1, 0.15) is 16.9 Å². The van der Waals surface area contributed by atoms with E-state index in [-0.39, 0.29) is 17.1 Å². The number of rotatable bonds is 4. The van der Waals surface area contributed by atoms with E-state index in [0.29, 0.717) is 33.9 Å². The number of fused-ring (bicyclic) bond motifs is 2. The summed E-state index contributed by atoms with van der Waals surface area (Å²) in [5.74, 6) is 5.63. The van der Waals surface area contributed by atoms with Crippen LogP contribution in [0.1, 0.15) is 40.3 Å². The molecule has 12 heteroatoms. The highest BCUT2D eigenvalue weighted by atomic mass is 16.2. The van der Waals surface area contributed by atoms with Gasteiger partial charge in [-0.15, -0.1) is 5.10 Å². The number of aromatic nitrogens is 8. The number of anilines is 1. The highest BCUT2D eigenvalue weighted by Gasteiger charge is 2.24. The fourth-order valence-electron chi connectivity index (χ4n) is 4.41. The first-order valence-corrected chi connectivity index (χ1v) is 12.0. The second-order valence-electron chi connectivity index (χ2n) is 8.86. The lowest BCUT2D eigenvalue weighted by Crippen LogP contribution is -2.34. The highest BCUT2D eigenvalue weighted by Crippen LogP contribution is 2.21. The van der Waals surface area contributed by atoms with Crippen LogP contribution in [0.4, 0.5) is 5.82 Å². The third kappa shape index (κ3) is 4.17. The number of benzene rings is 1. The number of carbonyl (C=O) groups excluding carboxylic acids is 1. The number of para-hydroxylation sites is 1. The van der Waals surface area contributed by atoms with E-state index in [2.05, 4.69) is 37.3 Å². The first-order chi connectivity index (χ1) is 18.9. The zero-order chi connectivity index (χ0) is 27.1. The molecule has 0 aliphatic rings. The molecule has 192 valence electrons. The Morgan fingerprint density at radius 3 is 2.69 bits per heavy atom. The maximum atomic E-state index is 13.9. The highest BCUT2D eigenvalue weighted by molar-refractivity contribution is 6.04. The number of nitrogens with zero attached hydrogens (tertiary/aromatic N) is 8. The van der Waals surface area contributed by atoms with Crippen LogP contribution < -0.4 is 16.7 Å². The molecule has 0 fully saturated rings. The van der Waals surface area contributed by atoms with Crippen molar-refractivity contribution in [1.82, 2.24) is 43.6 Å². The third-order valence-corrected chi connectivity index (χ3v) is 6.20. The van der Waals surface area contributed by atoms with Crippen LogP contribution in [-0.4, -0.2) is 44.2 Å². The average molecular weight is 519 g/mol. The third-order valence-electron chi connectivity index (χ3n) is 6.20. The molecule has 1 amide bonds. The Kier molecular flexibility index (Phi) is 5.65. The minimum atomic E-state index is -0.616. The zero-order valence-corrected chi connectivity index (χ0v) is 21.0. The minimum absolute atomic E-state index is 0.0550. The van der Waals surface area contributed by atoms with Crippen LogP contribution in [0.3, 0.4) is 0 Å². The number of aryl methyl sites for hydroxylation is 1. The molecule has 0 saturated carbocycles. The van der Waals surface area contributed by atoms with Gasteiger partial charge in [0.25, 0.3) is 5.91 Å². The number of nitrogen functional groups attached to an aromatic ring is 1. The second kappa shape index (κ2) is 9.31. The van der Waals surface area contributed by atoms with Gasteiger partial charge in [-0.2, -0.15) is 5.10 Å². The normalized spacial score (nSPS) is 11.8. The van der Waals surface area contributed by atoms with E-state index >= 15 is 0 Å². The Morgan fingerprint density at radius 1 is 1.10 bits per heavy atom. The van der Waals surface area contributed by atoms with Crippen LogP contribution in [-0.2, 0) is 7.05 Å². The Morgan fingerprint density at radius 2 is 1.92 bits per heavy atom. The summed E-state index contributed by atoms with van der Waals surface area (Å²) < 4.78 is 6.08. The van der Waals surface area contributed by atoms with Crippen molar-refractivity contribution >= 4 is 23.0 Å². The van der Waals surface area contributed by atoms with Crippen LogP contribution in [0.2, 0.25) is 0 Å². The summed E-state index contributed by atoms with van der Waals surface area (Å²) in [5.41, 5.74) is 8.84. The van der Waals surface area contributed by atoms with Crippen LogP contribution >= 0.6 is 0 Å². The molecule has 6 aromatic rings. The van der Waals surface area contributed by atoms with E-state index < -0.39 is 11.9 Å². The van der Waals surface area contributed by atoms with Gasteiger partial charge in [0.2, 0.25) is 0 Å². The standard InChI is InChI=1S/C27H22N10O2/c1-17(32-26(38)23-24(28)33-35-12-6-11-29-25(23)35)21-13-22-30-15-20(10-9-18-14-31-34(2)16-18)37(22)27(39)36(21)19-7-4-3-5-8-19/h3-8,11-17H,1-2H3,(H2,28,33)(H,32,38). The molecule has 5 heterocycles. The van der Waals surface area contributed by atoms with E-state index in [1.165, 1.54) is 13.5 Å². The number of hydrogen-bond acceptors (Lipinski definition) is 7. The van der Waals surface area contributed by atoms with E-state index in [4.69, 9.17) is 5.73 Å². The van der Waals surface area contributed by atoms with Gasteiger partial charge < -0.3 is 11.1 Å². The molecule has 5 aromatic heterocycles. The lowest BCUT2D eigenvalue weighted by Gasteiger charge is -2.20. The van der Waals surface area contributed by atoms with E-state index in [1.807, 2.05) is 30.3 Å². The topological polar surface area (TPSA) is 142 Å². The fraction of sp³-hybridized carbons (Fsp3) is 0.111. The van der Waals surface area contributed by atoms with Gasteiger partial charge in [-0.1, -0.05) is 24.1 Å². The number of hydrogen-bond donors (Lipinski definition) is 2. The summed E-state index contributed by atoms with van der Waals surface area (Å²) in [4.78, 5) is 35.9. The Hall–Kier alpha value is -5.70. The molecular weight excluding hydrogens is 496 g/mol. The number of imidazole rings is 1. The van der Waals surface area contributed by atoms with Crippen molar-refractivity contribution in [3.8, 4) is 17.5 Å². The predicted molar refractivity (Wildman–Crippen MR) is 143 cm³/mol. The molecule has 1 aromatic carbocycles. The first-order valence-electron chi connectivity index (χ1n) is 12.0. The van der Waals surface area contributed by atoms with Crippen LogP contribution in [0, 0.1) is 11.8 Å². The van der Waals surface area contributed by atoms with E-state index in [1.54, 1.807) is 61.8 Å². The molecule has 39 heavy (non-hydrogen) atoms. The molecular formula is C27H22N10O2. The lowest BCUT2D eigenvalue weighted by atomic mass is 10.1. The summed E-state index contributed by atoms with van der Waals surface area (Å²) in [7, 11) is 1.81. The van der Waals surface area contributed by atoms with Gasteiger partial charge in [-0.25, -0.2) is 23.7 Å². The van der Waals surface area contributed by atoms with Crippen LogP contribution in [0.15, 0.2) is 78.2 Å². The number of nitrogens with one attached hydrogen (secondary N) is 1.